The number of benzene rings is 1. The Bertz CT molecular complexity index is 473. The van der Waals surface area contributed by atoms with Gasteiger partial charge in [-0.3, -0.25) is 9.69 Å². The molecule has 1 amide bonds. The Morgan fingerprint density at radius 2 is 1.78 bits per heavy atom. The van der Waals surface area contributed by atoms with Crippen LogP contribution in [-0.2, 0) is 17.8 Å². The fourth-order valence-electron chi connectivity index (χ4n) is 3.12. The Hall–Kier alpha value is -1.35. The van der Waals surface area contributed by atoms with Crippen LogP contribution >= 0.6 is 0 Å². The maximum absolute atomic E-state index is 12.2. The van der Waals surface area contributed by atoms with Crippen LogP contribution in [0.4, 0.5) is 0 Å². The van der Waals surface area contributed by atoms with E-state index in [9.17, 15) is 4.79 Å². The first-order chi connectivity index (χ1) is 11.1. The molecule has 0 aromatic heterocycles. The highest BCUT2D eigenvalue weighted by atomic mass is 16.1. The minimum absolute atomic E-state index is 0.209. The van der Waals surface area contributed by atoms with Gasteiger partial charge in [0.2, 0.25) is 5.91 Å². The summed E-state index contributed by atoms with van der Waals surface area (Å²) in [7, 11) is 0. The van der Waals surface area contributed by atoms with Gasteiger partial charge in [0.25, 0.3) is 0 Å². The van der Waals surface area contributed by atoms with Crippen molar-refractivity contribution in [3.8, 4) is 0 Å². The second-order valence-corrected chi connectivity index (χ2v) is 7.19. The summed E-state index contributed by atoms with van der Waals surface area (Å²) < 4.78 is 0. The third-order valence-electron chi connectivity index (χ3n) is 4.82. The van der Waals surface area contributed by atoms with E-state index in [0.717, 1.165) is 51.9 Å². The molecule has 0 atom stereocenters. The van der Waals surface area contributed by atoms with E-state index in [-0.39, 0.29) is 11.8 Å². The summed E-state index contributed by atoms with van der Waals surface area (Å²) in [5, 5.41) is 3.10. The largest absolute Gasteiger partial charge is 0.356 e. The molecule has 0 saturated carbocycles. The van der Waals surface area contributed by atoms with Crippen molar-refractivity contribution in [3.05, 3.63) is 35.4 Å². The van der Waals surface area contributed by atoms with Crippen molar-refractivity contribution in [2.75, 3.05) is 19.6 Å². The van der Waals surface area contributed by atoms with Crippen molar-refractivity contribution < 1.29 is 4.79 Å². The van der Waals surface area contributed by atoms with Crippen LogP contribution in [0, 0.1) is 11.8 Å². The number of piperidine rings is 1. The fourth-order valence-corrected chi connectivity index (χ4v) is 3.12. The Morgan fingerprint density at radius 1 is 1.17 bits per heavy atom. The maximum Gasteiger partial charge on any atom is 0.223 e. The summed E-state index contributed by atoms with van der Waals surface area (Å²) in [5.41, 5.74) is 2.77. The molecule has 0 aliphatic carbocycles. The summed E-state index contributed by atoms with van der Waals surface area (Å²) >= 11 is 0. The van der Waals surface area contributed by atoms with Gasteiger partial charge >= 0.3 is 0 Å². The number of rotatable bonds is 7. The van der Waals surface area contributed by atoms with Gasteiger partial charge in [-0.1, -0.05) is 45.0 Å². The third-order valence-corrected chi connectivity index (χ3v) is 4.82. The zero-order chi connectivity index (χ0) is 16.7. The predicted octanol–water partition coefficient (Wildman–Crippen LogP) is 3.62. The van der Waals surface area contributed by atoms with Crippen molar-refractivity contribution in [1.29, 1.82) is 0 Å². The van der Waals surface area contributed by atoms with Gasteiger partial charge in [0.15, 0.2) is 0 Å². The highest BCUT2D eigenvalue weighted by molar-refractivity contribution is 5.78. The van der Waals surface area contributed by atoms with Crippen LogP contribution in [0.15, 0.2) is 24.3 Å². The van der Waals surface area contributed by atoms with Crippen LogP contribution < -0.4 is 5.32 Å². The average Bonchev–Trinajstić information content (AvgIpc) is 2.56. The van der Waals surface area contributed by atoms with Crippen molar-refractivity contribution >= 4 is 5.91 Å². The quantitative estimate of drug-likeness (QED) is 0.833. The molecule has 0 radical (unpaired) electrons. The molecular weight excluding hydrogens is 284 g/mol. The molecule has 1 saturated heterocycles. The minimum atomic E-state index is 0.209. The summed E-state index contributed by atoms with van der Waals surface area (Å²) in [6.07, 6.45) is 4.14. The van der Waals surface area contributed by atoms with E-state index < -0.39 is 0 Å². The summed E-state index contributed by atoms with van der Waals surface area (Å²) in [5.74, 6) is 1.12. The SMILES string of the molecule is CCc1ccc(CN2CCC(C(=O)NCCC(C)C)CC2)cc1. The molecular formula is C20H32N2O. The number of aryl methyl sites for hydroxylation is 1. The number of hydrogen-bond acceptors (Lipinski definition) is 2. The Balaban J connectivity index is 1.71. The van der Waals surface area contributed by atoms with Crippen LogP contribution in [0.5, 0.6) is 0 Å². The third kappa shape index (κ3) is 5.98. The van der Waals surface area contributed by atoms with E-state index in [1.165, 1.54) is 11.1 Å². The van der Waals surface area contributed by atoms with Gasteiger partial charge in [-0.25, -0.2) is 0 Å². The van der Waals surface area contributed by atoms with Crippen LogP contribution in [0.2, 0.25) is 0 Å². The molecule has 3 heteroatoms. The van der Waals surface area contributed by atoms with Crippen molar-refractivity contribution in [1.82, 2.24) is 10.2 Å². The molecule has 1 aromatic rings. The minimum Gasteiger partial charge on any atom is -0.356 e. The van der Waals surface area contributed by atoms with E-state index in [2.05, 4.69) is 55.3 Å². The summed E-state index contributed by atoms with van der Waals surface area (Å²) in [4.78, 5) is 14.7. The number of nitrogens with zero attached hydrogens (tertiary/aromatic N) is 1. The Labute approximate surface area is 141 Å². The van der Waals surface area contributed by atoms with Crippen LogP contribution in [-0.4, -0.2) is 30.4 Å². The first-order valence-corrected chi connectivity index (χ1v) is 9.16. The average molecular weight is 316 g/mol. The van der Waals surface area contributed by atoms with Gasteiger partial charge in [0.05, 0.1) is 0 Å². The molecule has 1 heterocycles. The molecule has 0 unspecified atom stereocenters. The van der Waals surface area contributed by atoms with E-state index in [1.807, 2.05) is 0 Å². The normalized spacial score (nSPS) is 16.7. The van der Waals surface area contributed by atoms with Gasteiger partial charge < -0.3 is 5.32 Å². The van der Waals surface area contributed by atoms with Gasteiger partial charge in [-0.2, -0.15) is 0 Å². The predicted molar refractivity (Wildman–Crippen MR) is 96.3 cm³/mol. The van der Waals surface area contributed by atoms with E-state index in [1.54, 1.807) is 0 Å². The van der Waals surface area contributed by atoms with Gasteiger partial charge in [-0.15, -0.1) is 0 Å². The zero-order valence-electron chi connectivity index (χ0n) is 15.0. The highest BCUT2D eigenvalue weighted by Gasteiger charge is 2.24. The molecule has 1 aromatic carbocycles. The number of nitrogens with one attached hydrogen (secondary N) is 1. The lowest BCUT2D eigenvalue weighted by molar-refractivity contribution is -0.126. The maximum atomic E-state index is 12.2. The number of hydrogen-bond donors (Lipinski definition) is 1. The van der Waals surface area contributed by atoms with Crippen molar-refractivity contribution in [2.24, 2.45) is 11.8 Å². The molecule has 1 aliphatic heterocycles. The van der Waals surface area contributed by atoms with Gasteiger partial charge in [-0.05, 0) is 55.8 Å². The molecule has 1 N–H and O–H groups in total. The second-order valence-electron chi connectivity index (χ2n) is 7.19. The molecule has 0 spiro atoms. The van der Waals surface area contributed by atoms with Crippen LogP contribution in [0.1, 0.15) is 51.2 Å². The molecule has 1 fully saturated rings. The number of carbonyl (C=O) groups excluding carboxylic acids is 1. The Morgan fingerprint density at radius 3 is 2.35 bits per heavy atom. The molecule has 1 aliphatic rings. The van der Waals surface area contributed by atoms with E-state index >= 15 is 0 Å². The van der Waals surface area contributed by atoms with Crippen LogP contribution in [0.25, 0.3) is 0 Å². The standard InChI is InChI=1S/C20H32N2O/c1-4-17-5-7-18(8-6-17)15-22-13-10-19(11-14-22)20(23)21-12-9-16(2)3/h5-8,16,19H,4,9-15H2,1-3H3,(H,21,23). The summed E-state index contributed by atoms with van der Waals surface area (Å²) in [6.45, 7) is 10.4. The molecule has 3 nitrogen and oxygen atoms in total. The van der Waals surface area contributed by atoms with Gasteiger partial charge in [0, 0.05) is 19.0 Å². The second kappa shape index (κ2) is 9.07. The zero-order valence-corrected chi connectivity index (χ0v) is 15.0. The lowest BCUT2D eigenvalue weighted by atomic mass is 9.95. The Kier molecular flexibility index (Phi) is 7.10. The summed E-state index contributed by atoms with van der Waals surface area (Å²) in [6, 6.07) is 8.93. The first-order valence-electron chi connectivity index (χ1n) is 9.16. The first kappa shape index (κ1) is 18.0. The topological polar surface area (TPSA) is 32.3 Å². The number of carbonyl (C=O) groups is 1. The van der Waals surface area contributed by atoms with Gasteiger partial charge in [0.1, 0.15) is 0 Å². The van der Waals surface area contributed by atoms with E-state index in [0.29, 0.717) is 5.92 Å². The molecule has 23 heavy (non-hydrogen) atoms. The lowest BCUT2D eigenvalue weighted by Crippen LogP contribution is -2.40. The monoisotopic (exact) mass is 316 g/mol. The highest BCUT2D eigenvalue weighted by Crippen LogP contribution is 2.19. The van der Waals surface area contributed by atoms with Crippen LogP contribution in [0.3, 0.4) is 0 Å². The number of likely N-dealkylation sites (tertiary alicyclic amines) is 1. The molecule has 2 rings (SSSR count). The fraction of sp³-hybridized carbons (Fsp3) is 0.650. The smallest absolute Gasteiger partial charge is 0.223 e. The molecule has 0 bridgehead atoms. The van der Waals surface area contributed by atoms with Crippen molar-refractivity contribution in [3.63, 3.8) is 0 Å². The number of amides is 1. The van der Waals surface area contributed by atoms with Crippen molar-refractivity contribution in [2.45, 2.75) is 53.0 Å². The molecule has 128 valence electrons. The lowest BCUT2D eigenvalue weighted by Gasteiger charge is -2.31. The van der Waals surface area contributed by atoms with E-state index in [4.69, 9.17) is 0 Å².